The second-order valence-electron chi connectivity index (χ2n) is 5.77. The van der Waals surface area contributed by atoms with Gasteiger partial charge in [-0.1, -0.05) is 23.9 Å². The Labute approximate surface area is 165 Å². The van der Waals surface area contributed by atoms with E-state index < -0.39 is 0 Å². The molecule has 1 N–H and O–H groups in total. The summed E-state index contributed by atoms with van der Waals surface area (Å²) in [5.74, 6) is 0.243. The van der Waals surface area contributed by atoms with Crippen molar-refractivity contribution in [1.82, 2.24) is 20.1 Å². The number of benzene rings is 1. The Morgan fingerprint density at radius 2 is 2.15 bits per heavy atom. The summed E-state index contributed by atoms with van der Waals surface area (Å²) in [6.45, 7) is 6.61. The Bertz CT molecular complexity index is 906. The van der Waals surface area contributed by atoms with Crippen molar-refractivity contribution >= 4 is 29.0 Å². The van der Waals surface area contributed by atoms with Crippen molar-refractivity contribution < 1.29 is 9.18 Å². The molecule has 3 rings (SSSR count). The average molecular weight is 403 g/mol. The van der Waals surface area contributed by atoms with Crippen LogP contribution >= 0.6 is 23.1 Å². The molecule has 1 amide bonds. The predicted molar refractivity (Wildman–Crippen MR) is 107 cm³/mol. The number of rotatable bonds is 8. The first-order valence-electron chi connectivity index (χ1n) is 8.35. The largest absolute Gasteiger partial charge is 0.350 e. The lowest BCUT2D eigenvalue weighted by Gasteiger charge is -2.12. The summed E-state index contributed by atoms with van der Waals surface area (Å²) >= 11 is 2.94. The number of nitrogens with zero attached hydrogens (tertiary/aromatic N) is 3. The molecule has 2 aromatic heterocycles. The fraction of sp³-hybridized carbons (Fsp3) is 0.211. The highest BCUT2D eigenvalue weighted by Crippen LogP contribution is 2.27. The van der Waals surface area contributed by atoms with E-state index in [4.69, 9.17) is 0 Å². The van der Waals surface area contributed by atoms with Crippen molar-refractivity contribution in [3.63, 3.8) is 0 Å². The maximum atomic E-state index is 13.2. The van der Waals surface area contributed by atoms with Gasteiger partial charge >= 0.3 is 0 Å². The molecule has 0 unspecified atom stereocenters. The van der Waals surface area contributed by atoms with Gasteiger partial charge in [-0.2, -0.15) is 0 Å². The molecule has 8 heteroatoms. The van der Waals surface area contributed by atoms with Gasteiger partial charge in [0.05, 0.1) is 11.8 Å². The molecule has 2 heterocycles. The Morgan fingerprint density at radius 3 is 2.81 bits per heavy atom. The van der Waals surface area contributed by atoms with Gasteiger partial charge < -0.3 is 5.32 Å². The molecule has 0 radical (unpaired) electrons. The molecule has 3 aromatic rings. The van der Waals surface area contributed by atoms with E-state index in [1.807, 2.05) is 29.0 Å². The summed E-state index contributed by atoms with van der Waals surface area (Å²) in [6, 6.07) is 10.0. The molecule has 1 aromatic carbocycles. The number of carbonyl (C=O) groups is 1. The summed E-state index contributed by atoms with van der Waals surface area (Å²) in [4.78, 5) is 13.5. The number of aromatic nitrogens is 3. The molecule has 1 atom stereocenters. The second-order valence-corrected chi connectivity index (χ2v) is 8.11. The van der Waals surface area contributed by atoms with E-state index in [1.54, 1.807) is 29.5 Å². The van der Waals surface area contributed by atoms with Gasteiger partial charge in [-0.05, 0) is 42.6 Å². The van der Waals surface area contributed by atoms with Crippen LogP contribution < -0.4 is 5.32 Å². The third-order valence-electron chi connectivity index (χ3n) is 3.80. The monoisotopic (exact) mass is 402 g/mol. The highest BCUT2D eigenvalue weighted by molar-refractivity contribution is 8.00. The van der Waals surface area contributed by atoms with Crippen molar-refractivity contribution in [2.75, 3.05) is 0 Å². The van der Waals surface area contributed by atoms with Crippen LogP contribution in [0.1, 0.15) is 11.8 Å². The number of thioether (sulfide) groups is 1. The summed E-state index contributed by atoms with van der Waals surface area (Å²) in [5.41, 5.74) is 0.757. The number of hydrogen-bond acceptors (Lipinski definition) is 5. The number of allylic oxidation sites excluding steroid dienone is 1. The summed E-state index contributed by atoms with van der Waals surface area (Å²) in [5, 5.41) is 13.6. The number of halogens is 1. The zero-order valence-corrected chi connectivity index (χ0v) is 16.4. The lowest BCUT2D eigenvalue weighted by molar-refractivity contribution is -0.120. The first kappa shape index (κ1) is 19.3. The topological polar surface area (TPSA) is 59.8 Å². The van der Waals surface area contributed by atoms with Gasteiger partial charge in [-0.25, -0.2) is 4.39 Å². The molecular weight excluding hydrogens is 383 g/mol. The predicted octanol–water partition coefficient (Wildman–Crippen LogP) is 4.13. The van der Waals surface area contributed by atoms with E-state index >= 15 is 0 Å². The maximum absolute atomic E-state index is 13.2. The van der Waals surface area contributed by atoms with Crippen LogP contribution in [0.15, 0.2) is 59.6 Å². The molecule has 0 fully saturated rings. The van der Waals surface area contributed by atoms with Crippen molar-refractivity contribution in [2.45, 2.75) is 30.4 Å². The van der Waals surface area contributed by atoms with Crippen LogP contribution in [0.4, 0.5) is 4.39 Å². The minimum Gasteiger partial charge on any atom is -0.350 e. The number of hydrogen-bond donors (Lipinski definition) is 1. The third-order valence-corrected chi connectivity index (χ3v) is 5.76. The van der Waals surface area contributed by atoms with Gasteiger partial charge in [-0.3, -0.25) is 9.36 Å². The van der Waals surface area contributed by atoms with Crippen LogP contribution in [-0.2, 0) is 17.9 Å². The smallest absolute Gasteiger partial charge is 0.233 e. The van der Waals surface area contributed by atoms with Crippen LogP contribution in [0.5, 0.6) is 0 Å². The van der Waals surface area contributed by atoms with E-state index in [0.717, 1.165) is 10.4 Å². The standard InChI is InChI=1S/C19H19FN4OS2/c1-3-10-24-17(14-6-8-15(20)9-7-14)22-23-19(24)27-13(2)18(25)21-12-16-5-4-11-26-16/h3-9,11,13H,1,10,12H2,2H3,(H,21,25)/t13-/m1/s1. The van der Waals surface area contributed by atoms with Crippen molar-refractivity contribution in [1.29, 1.82) is 0 Å². The summed E-state index contributed by atoms with van der Waals surface area (Å²) in [7, 11) is 0. The van der Waals surface area contributed by atoms with Gasteiger partial charge in [0.25, 0.3) is 0 Å². The third kappa shape index (κ3) is 4.84. The number of carbonyl (C=O) groups excluding carboxylic acids is 1. The van der Waals surface area contributed by atoms with E-state index in [2.05, 4.69) is 22.1 Å². The van der Waals surface area contributed by atoms with Crippen LogP contribution in [0.2, 0.25) is 0 Å². The van der Waals surface area contributed by atoms with Gasteiger partial charge in [0.15, 0.2) is 11.0 Å². The fourth-order valence-electron chi connectivity index (χ4n) is 2.42. The number of thiophene rings is 1. The Kier molecular flexibility index (Phi) is 6.41. The molecule has 0 aliphatic rings. The number of amides is 1. The van der Waals surface area contributed by atoms with E-state index in [0.29, 0.717) is 24.1 Å². The lowest BCUT2D eigenvalue weighted by atomic mass is 10.2. The quantitative estimate of drug-likeness (QED) is 0.455. The highest BCUT2D eigenvalue weighted by Gasteiger charge is 2.20. The van der Waals surface area contributed by atoms with Gasteiger partial charge in [0.2, 0.25) is 5.91 Å². The molecule has 0 spiro atoms. The lowest BCUT2D eigenvalue weighted by Crippen LogP contribution is -2.30. The van der Waals surface area contributed by atoms with Crippen molar-refractivity contribution in [3.8, 4) is 11.4 Å². The summed E-state index contributed by atoms with van der Waals surface area (Å²) in [6.07, 6.45) is 1.74. The second kappa shape index (κ2) is 8.96. The van der Waals surface area contributed by atoms with Crippen LogP contribution in [0.25, 0.3) is 11.4 Å². The first-order valence-corrected chi connectivity index (χ1v) is 10.1. The van der Waals surface area contributed by atoms with Crippen LogP contribution in [0.3, 0.4) is 0 Å². The fourth-order valence-corrected chi connectivity index (χ4v) is 3.95. The molecule has 27 heavy (non-hydrogen) atoms. The minimum absolute atomic E-state index is 0.0649. The normalized spacial score (nSPS) is 11.9. The molecule has 0 aliphatic heterocycles. The van der Waals surface area contributed by atoms with Crippen molar-refractivity contribution in [3.05, 3.63) is 65.1 Å². The summed E-state index contributed by atoms with van der Waals surface area (Å²) < 4.78 is 15.1. The Hall–Kier alpha value is -2.45. The van der Waals surface area contributed by atoms with Gasteiger partial charge in [-0.15, -0.1) is 28.1 Å². The SMILES string of the molecule is C=CCn1c(S[C@H](C)C(=O)NCc2cccs2)nnc1-c1ccc(F)cc1. The molecule has 0 saturated carbocycles. The Balaban J connectivity index is 1.72. The molecule has 5 nitrogen and oxygen atoms in total. The highest BCUT2D eigenvalue weighted by atomic mass is 32.2. The zero-order chi connectivity index (χ0) is 19.2. The Morgan fingerprint density at radius 1 is 1.37 bits per heavy atom. The molecule has 0 bridgehead atoms. The van der Waals surface area contributed by atoms with Gasteiger partial charge in [0, 0.05) is 17.0 Å². The zero-order valence-electron chi connectivity index (χ0n) is 14.8. The van der Waals surface area contributed by atoms with Crippen LogP contribution in [0, 0.1) is 5.82 Å². The first-order chi connectivity index (χ1) is 13.1. The van der Waals surface area contributed by atoms with Crippen molar-refractivity contribution in [2.24, 2.45) is 0 Å². The molecule has 0 saturated heterocycles. The van der Waals surface area contributed by atoms with Gasteiger partial charge in [0.1, 0.15) is 5.82 Å². The minimum atomic E-state index is -0.334. The molecule has 140 valence electrons. The maximum Gasteiger partial charge on any atom is 0.233 e. The van der Waals surface area contributed by atoms with E-state index in [1.165, 1.54) is 23.9 Å². The van der Waals surface area contributed by atoms with Crippen LogP contribution in [-0.4, -0.2) is 25.9 Å². The average Bonchev–Trinajstić information content (AvgIpc) is 3.31. The molecule has 0 aliphatic carbocycles. The van der Waals surface area contributed by atoms with E-state index in [-0.39, 0.29) is 17.0 Å². The number of nitrogens with one attached hydrogen (secondary N) is 1. The molecular formula is C19H19FN4OS2. The van der Waals surface area contributed by atoms with E-state index in [9.17, 15) is 9.18 Å².